The number of rotatable bonds is 4. The molecule has 6 heteroatoms. The van der Waals surface area contributed by atoms with Crippen LogP contribution in [-0.4, -0.2) is 31.0 Å². The highest BCUT2D eigenvalue weighted by Crippen LogP contribution is 2.43. The third kappa shape index (κ3) is 3.82. The minimum absolute atomic E-state index is 0.0127. The minimum atomic E-state index is -4.28. The maximum Gasteiger partial charge on any atom is 0.413 e. The third-order valence-electron chi connectivity index (χ3n) is 3.50. The van der Waals surface area contributed by atoms with E-state index in [0.29, 0.717) is 6.54 Å². The molecule has 1 heterocycles. The van der Waals surface area contributed by atoms with Gasteiger partial charge >= 0.3 is 6.18 Å². The fraction of sp³-hybridized carbons (Fsp3) is 1.00. The van der Waals surface area contributed by atoms with E-state index in [0.717, 1.165) is 25.7 Å². The SMILES string of the molecule is FC(F)(F)CONCC1CCC2(CCCC2)O1. The summed E-state index contributed by atoms with van der Waals surface area (Å²) in [4.78, 5) is 4.36. The predicted molar refractivity (Wildman–Crippen MR) is 55.3 cm³/mol. The molecule has 1 aliphatic heterocycles. The Morgan fingerprint density at radius 1 is 1.24 bits per heavy atom. The summed E-state index contributed by atoms with van der Waals surface area (Å²) in [6.45, 7) is -0.928. The summed E-state index contributed by atoms with van der Waals surface area (Å²) in [5, 5.41) is 0. The molecule has 3 nitrogen and oxygen atoms in total. The molecule has 0 amide bonds. The van der Waals surface area contributed by atoms with E-state index in [1.54, 1.807) is 0 Å². The van der Waals surface area contributed by atoms with Crippen molar-refractivity contribution < 1.29 is 22.7 Å². The fourth-order valence-corrected chi connectivity index (χ4v) is 2.71. The van der Waals surface area contributed by atoms with Crippen LogP contribution in [0.3, 0.4) is 0 Å². The zero-order chi connectivity index (χ0) is 12.4. The first-order chi connectivity index (χ1) is 7.99. The molecule has 17 heavy (non-hydrogen) atoms. The highest BCUT2D eigenvalue weighted by atomic mass is 19.4. The Kier molecular flexibility index (Phi) is 3.95. The van der Waals surface area contributed by atoms with Crippen LogP contribution in [0.5, 0.6) is 0 Å². The Morgan fingerprint density at radius 2 is 1.94 bits per heavy atom. The number of hydroxylamine groups is 1. The highest BCUT2D eigenvalue weighted by Gasteiger charge is 2.42. The topological polar surface area (TPSA) is 30.5 Å². The molecular weight excluding hydrogens is 235 g/mol. The summed E-state index contributed by atoms with van der Waals surface area (Å²) in [6, 6.07) is 0. The van der Waals surface area contributed by atoms with Crippen molar-refractivity contribution in [1.29, 1.82) is 0 Å². The van der Waals surface area contributed by atoms with Crippen molar-refractivity contribution in [3.63, 3.8) is 0 Å². The van der Waals surface area contributed by atoms with Crippen molar-refractivity contribution in [2.24, 2.45) is 0 Å². The van der Waals surface area contributed by atoms with Crippen LogP contribution in [0.4, 0.5) is 13.2 Å². The van der Waals surface area contributed by atoms with Crippen molar-refractivity contribution >= 4 is 0 Å². The standard InChI is InChI=1S/C11H18F3NO2/c12-11(13,14)8-16-15-7-9-3-6-10(17-9)4-1-2-5-10/h9,15H,1-8H2. The van der Waals surface area contributed by atoms with Gasteiger partial charge in [0.05, 0.1) is 11.7 Å². The number of hydrogen-bond acceptors (Lipinski definition) is 3. The lowest BCUT2D eigenvalue weighted by Crippen LogP contribution is -2.33. The molecule has 2 aliphatic rings. The number of nitrogens with one attached hydrogen (secondary N) is 1. The van der Waals surface area contributed by atoms with Crippen LogP contribution in [0.1, 0.15) is 38.5 Å². The lowest BCUT2D eigenvalue weighted by atomic mass is 9.98. The Hall–Kier alpha value is -0.330. The monoisotopic (exact) mass is 253 g/mol. The van der Waals surface area contributed by atoms with Crippen LogP contribution in [0.15, 0.2) is 0 Å². The van der Waals surface area contributed by atoms with Crippen LogP contribution >= 0.6 is 0 Å². The molecule has 100 valence electrons. The van der Waals surface area contributed by atoms with Gasteiger partial charge in [0.15, 0.2) is 6.61 Å². The Bertz CT molecular complexity index is 252. The quantitative estimate of drug-likeness (QED) is 0.617. The molecule has 1 aliphatic carbocycles. The van der Waals surface area contributed by atoms with E-state index in [1.807, 2.05) is 0 Å². The van der Waals surface area contributed by atoms with Gasteiger partial charge in [0.25, 0.3) is 0 Å². The van der Waals surface area contributed by atoms with Gasteiger partial charge in [0.2, 0.25) is 0 Å². The molecule has 1 saturated carbocycles. The van der Waals surface area contributed by atoms with E-state index >= 15 is 0 Å². The molecule has 0 aromatic carbocycles. The summed E-state index contributed by atoms with van der Waals surface area (Å²) in [7, 11) is 0. The molecule has 2 rings (SSSR count). The molecular formula is C11H18F3NO2. The van der Waals surface area contributed by atoms with E-state index in [2.05, 4.69) is 10.3 Å². The van der Waals surface area contributed by atoms with Gasteiger partial charge in [0.1, 0.15) is 0 Å². The van der Waals surface area contributed by atoms with Crippen LogP contribution in [0.2, 0.25) is 0 Å². The summed E-state index contributed by atoms with van der Waals surface area (Å²) in [6.07, 6.45) is 2.22. The number of hydrogen-bond donors (Lipinski definition) is 1. The van der Waals surface area contributed by atoms with Crippen molar-refractivity contribution in [3.8, 4) is 0 Å². The predicted octanol–water partition coefficient (Wildman–Crippen LogP) is 2.56. The first-order valence-electron chi connectivity index (χ1n) is 6.08. The zero-order valence-corrected chi connectivity index (χ0v) is 9.68. The lowest BCUT2D eigenvalue weighted by molar-refractivity contribution is -0.192. The van der Waals surface area contributed by atoms with E-state index in [4.69, 9.17) is 4.74 Å². The lowest BCUT2D eigenvalue weighted by Gasteiger charge is -2.23. The smallest absolute Gasteiger partial charge is 0.370 e. The van der Waals surface area contributed by atoms with Gasteiger partial charge in [-0.3, -0.25) is 4.84 Å². The largest absolute Gasteiger partial charge is 0.413 e. The van der Waals surface area contributed by atoms with Gasteiger partial charge < -0.3 is 4.74 Å². The van der Waals surface area contributed by atoms with Crippen LogP contribution < -0.4 is 5.48 Å². The fourth-order valence-electron chi connectivity index (χ4n) is 2.71. The second-order valence-corrected chi connectivity index (χ2v) is 4.92. The van der Waals surface area contributed by atoms with Gasteiger partial charge in [-0.05, 0) is 25.7 Å². The zero-order valence-electron chi connectivity index (χ0n) is 9.68. The minimum Gasteiger partial charge on any atom is -0.370 e. The molecule has 1 unspecified atom stereocenters. The van der Waals surface area contributed by atoms with Crippen LogP contribution in [-0.2, 0) is 9.57 Å². The molecule has 2 fully saturated rings. The number of ether oxygens (including phenoxy) is 1. The second-order valence-electron chi connectivity index (χ2n) is 4.92. The van der Waals surface area contributed by atoms with Gasteiger partial charge in [-0.1, -0.05) is 12.8 Å². The van der Waals surface area contributed by atoms with Gasteiger partial charge in [0, 0.05) is 6.54 Å². The van der Waals surface area contributed by atoms with Crippen molar-refractivity contribution in [2.45, 2.75) is 56.4 Å². The number of alkyl halides is 3. The molecule has 1 N–H and O–H groups in total. The maximum absolute atomic E-state index is 11.8. The Labute approximate surface area is 98.6 Å². The van der Waals surface area contributed by atoms with E-state index in [1.165, 1.54) is 12.8 Å². The average molecular weight is 253 g/mol. The molecule has 0 aromatic rings. The molecule has 1 saturated heterocycles. The van der Waals surface area contributed by atoms with E-state index in [-0.39, 0.29) is 11.7 Å². The molecule has 0 radical (unpaired) electrons. The Morgan fingerprint density at radius 3 is 2.59 bits per heavy atom. The van der Waals surface area contributed by atoms with Crippen molar-refractivity contribution in [2.75, 3.05) is 13.2 Å². The van der Waals surface area contributed by atoms with Gasteiger partial charge in [-0.2, -0.15) is 18.7 Å². The van der Waals surface area contributed by atoms with Crippen LogP contribution in [0.25, 0.3) is 0 Å². The van der Waals surface area contributed by atoms with Gasteiger partial charge in [-0.15, -0.1) is 0 Å². The second kappa shape index (κ2) is 5.12. The normalized spacial score (nSPS) is 28.1. The average Bonchev–Trinajstić information content (AvgIpc) is 2.84. The molecule has 0 bridgehead atoms. The summed E-state index contributed by atoms with van der Waals surface area (Å²) in [5.74, 6) is 0. The van der Waals surface area contributed by atoms with E-state index in [9.17, 15) is 13.2 Å². The summed E-state index contributed by atoms with van der Waals surface area (Å²) >= 11 is 0. The highest BCUT2D eigenvalue weighted by molar-refractivity contribution is 4.92. The van der Waals surface area contributed by atoms with Crippen molar-refractivity contribution in [1.82, 2.24) is 5.48 Å². The summed E-state index contributed by atoms with van der Waals surface area (Å²) < 4.78 is 41.3. The first kappa shape index (κ1) is 13.1. The first-order valence-corrected chi connectivity index (χ1v) is 6.08. The number of halogens is 3. The molecule has 0 aromatic heterocycles. The van der Waals surface area contributed by atoms with Gasteiger partial charge in [-0.25, -0.2) is 0 Å². The van der Waals surface area contributed by atoms with E-state index < -0.39 is 12.8 Å². The molecule has 1 spiro atoms. The maximum atomic E-state index is 11.8. The van der Waals surface area contributed by atoms with Crippen LogP contribution in [0, 0.1) is 0 Å². The Balaban J connectivity index is 1.62. The molecule has 1 atom stereocenters. The third-order valence-corrected chi connectivity index (χ3v) is 3.50. The summed E-state index contributed by atoms with van der Waals surface area (Å²) in [5.41, 5.74) is 2.37. The van der Waals surface area contributed by atoms with Crippen molar-refractivity contribution in [3.05, 3.63) is 0 Å².